The van der Waals surface area contributed by atoms with Crippen LogP contribution in [0.1, 0.15) is 55.6 Å². The van der Waals surface area contributed by atoms with Gasteiger partial charge in [-0.3, -0.25) is 19.2 Å². The number of carboxylic acids is 2. The van der Waals surface area contributed by atoms with Gasteiger partial charge in [0.2, 0.25) is 11.8 Å². The predicted molar refractivity (Wildman–Crippen MR) is 149 cm³/mol. The van der Waals surface area contributed by atoms with Crippen LogP contribution in [0, 0.1) is 11.8 Å². The number of benzene rings is 1. The maximum Gasteiger partial charge on any atom is 0.306 e. The van der Waals surface area contributed by atoms with Gasteiger partial charge < -0.3 is 39.0 Å². The van der Waals surface area contributed by atoms with Crippen LogP contribution in [-0.2, 0) is 45.4 Å². The zero-order valence-corrected chi connectivity index (χ0v) is 24.6. The minimum atomic E-state index is -1.03. The molecule has 2 aliphatic rings. The largest absolute Gasteiger partial charge is 0.493 e. The molecule has 2 aromatic rings. The van der Waals surface area contributed by atoms with E-state index in [1.807, 2.05) is 12.1 Å². The quantitative estimate of drug-likeness (QED) is 0.303. The molecule has 0 aliphatic carbocycles. The molecule has 4 rings (SSSR count). The fourth-order valence-corrected chi connectivity index (χ4v) is 4.76. The van der Waals surface area contributed by atoms with Crippen LogP contribution in [0.3, 0.4) is 0 Å². The number of aromatic nitrogens is 2. The second kappa shape index (κ2) is 13.6. The number of hydrogen-bond donors (Lipinski definition) is 2. The molecule has 1 aromatic heterocycles. The van der Waals surface area contributed by atoms with Crippen molar-refractivity contribution >= 4 is 23.8 Å². The Morgan fingerprint density at radius 1 is 0.744 bits per heavy atom. The van der Waals surface area contributed by atoms with Gasteiger partial charge in [-0.2, -0.15) is 0 Å². The molecule has 2 atom stereocenters. The van der Waals surface area contributed by atoms with Crippen molar-refractivity contribution in [1.82, 2.24) is 19.8 Å². The first-order valence-corrected chi connectivity index (χ1v) is 13.9. The van der Waals surface area contributed by atoms with Gasteiger partial charge in [0.25, 0.3) is 11.8 Å². The van der Waals surface area contributed by atoms with Gasteiger partial charge in [-0.15, -0.1) is 0 Å². The van der Waals surface area contributed by atoms with Gasteiger partial charge in [-0.05, 0) is 23.3 Å². The fourth-order valence-electron chi connectivity index (χ4n) is 4.76. The maximum absolute atomic E-state index is 12.6. The summed E-state index contributed by atoms with van der Waals surface area (Å²) < 4.78 is 22.6. The number of carbonyl (C=O) groups excluding carboxylic acids is 2. The summed E-state index contributed by atoms with van der Waals surface area (Å²) in [6.45, 7) is 4.69. The van der Waals surface area contributed by atoms with E-state index < -0.39 is 23.8 Å². The number of carboxylic acid groups (broad SMARTS) is 2. The number of fused-ring (bicyclic) bond motifs is 2. The van der Waals surface area contributed by atoms with Crippen molar-refractivity contribution in [1.29, 1.82) is 0 Å². The van der Waals surface area contributed by atoms with Gasteiger partial charge >= 0.3 is 11.9 Å². The van der Waals surface area contributed by atoms with Crippen LogP contribution in [0.25, 0.3) is 0 Å². The van der Waals surface area contributed by atoms with Crippen LogP contribution in [-0.4, -0.2) is 81.2 Å². The van der Waals surface area contributed by atoms with E-state index in [-0.39, 0.29) is 56.1 Å². The average molecular weight is 601 g/mol. The molecule has 43 heavy (non-hydrogen) atoms. The fraction of sp³-hybridized carbons (Fsp3) is 0.517. The van der Waals surface area contributed by atoms with Crippen LogP contribution >= 0.6 is 0 Å². The van der Waals surface area contributed by atoms with E-state index in [0.717, 1.165) is 11.1 Å². The third-order valence-electron chi connectivity index (χ3n) is 7.37. The first kappa shape index (κ1) is 31.3. The summed E-state index contributed by atoms with van der Waals surface area (Å²) in [5, 5.41) is 18.2. The molecule has 3 heterocycles. The molecule has 0 bridgehead atoms. The zero-order chi connectivity index (χ0) is 31.3. The Hall–Kier alpha value is -4.62. The molecule has 232 valence electrons. The molecule has 14 heteroatoms. The van der Waals surface area contributed by atoms with Crippen molar-refractivity contribution in [2.45, 2.75) is 59.3 Å². The Bertz CT molecular complexity index is 1290. The number of nitrogens with zero attached hydrogens (tertiary/aromatic N) is 4. The number of ether oxygens (including phenoxy) is 4. The molecular formula is C29H36N4O10. The van der Waals surface area contributed by atoms with Gasteiger partial charge in [-0.25, -0.2) is 9.97 Å². The van der Waals surface area contributed by atoms with Gasteiger partial charge in [0.15, 0.2) is 11.5 Å². The van der Waals surface area contributed by atoms with E-state index >= 15 is 0 Å². The van der Waals surface area contributed by atoms with Crippen molar-refractivity contribution in [3.05, 3.63) is 34.6 Å². The highest BCUT2D eigenvalue weighted by atomic mass is 16.5. The van der Waals surface area contributed by atoms with E-state index in [1.165, 1.54) is 33.0 Å². The molecule has 2 aliphatic heterocycles. The predicted octanol–water partition coefficient (Wildman–Crippen LogP) is 2.25. The zero-order valence-electron chi connectivity index (χ0n) is 24.6. The Morgan fingerprint density at radius 3 is 1.74 bits per heavy atom. The van der Waals surface area contributed by atoms with E-state index in [2.05, 4.69) is 9.97 Å². The Balaban J connectivity index is 1.30. The summed E-state index contributed by atoms with van der Waals surface area (Å²) in [5.74, 6) is -2.67. The normalized spacial score (nSPS) is 14.9. The highest BCUT2D eigenvalue weighted by Crippen LogP contribution is 2.36. The lowest BCUT2D eigenvalue weighted by Crippen LogP contribution is -2.28. The minimum absolute atomic E-state index is 0.0638. The van der Waals surface area contributed by atoms with E-state index in [1.54, 1.807) is 4.90 Å². The summed E-state index contributed by atoms with van der Waals surface area (Å²) in [7, 11) is 2.98. The summed E-state index contributed by atoms with van der Waals surface area (Å²) in [5.41, 5.74) is 2.97. The van der Waals surface area contributed by atoms with Gasteiger partial charge in [0, 0.05) is 32.4 Å². The van der Waals surface area contributed by atoms with Crippen molar-refractivity contribution in [2.75, 3.05) is 27.4 Å². The number of rotatable bonds is 14. The van der Waals surface area contributed by atoms with E-state index in [4.69, 9.17) is 29.2 Å². The molecule has 2 amide bonds. The lowest BCUT2D eigenvalue weighted by molar-refractivity contribution is -0.145. The minimum Gasteiger partial charge on any atom is -0.493 e. The molecule has 0 saturated heterocycles. The molecule has 1 aromatic carbocycles. The van der Waals surface area contributed by atoms with Crippen LogP contribution in [0.4, 0.5) is 0 Å². The standard InChI is InChI=1S/C29H36N4O10/c1-16(28(36)37)8-24(34)32-12-18-10-22(40-3)23(11-19(18)13-32)42-6-5-7-43-27-26(41-4)30-20-14-33(15-21(20)31-27)25(35)9-17(2)29(38)39/h10-11,16-17H,5-9,12-15H2,1-4H3,(H,36,37)(H,38,39)/t16-,17-/m0/s1. The van der Waals surface area contributed by atoms with Crippen molar-refractivity contribution in [3.8, 4) is 23.3 Å². The Morgan fingerprint density at radius 2 is 1.23 bits per heavy atom. The van der Waals surface area contributed by atoms with E-state index in [0.29, 0.717) is 49.0 Å². The number of carbonyl (C=O) groups is 4. The lowest BCUT2D eigenvalue weighted by Gasteiger charge is -2.16. The maximum atomic E-state index is 12.6. The summed E-state index contributed by atoms with van der Waals surface area (Å²) in [6, 6.07) is 3.67. The lowest BCUT2D eigenvalue weighted by atomic mass is 10.1. The highest BCUT2D eigenvalue weighted by molar-refractivity contribution is 5.83. The second-order valence-corrected chi connectivity index (χ2v) is 10.6. The molecule has 14 nitrogen and oxygen atoms in total. The summed E-state index contributed by atoms with van der Waals surface area (Å²) in [6.07, 6.45) is 0.310. The van der Waals surface area contributed by atoms with E-state index in [9.17, 15) is 19.2 Å². The van der Waals surface area contributed by atoms with Gasteiger partial charge in [0.05, 0.1) is 63.7 Å². The Labute approximate surface area is 248 Å². The monoisotopic (exact) mass is 600 g/mol. The SMILES string of the molecule is COc1cc2c(cc1OCCCOc1nc3c(nc1OC)CN(C(=O)C[C@H](C)C(=O)O)C3)CN(C(=O)C[C@H](C)C(=O)O)C2. The number of hydrogen-bond acceptors (Lipinski definition) is 10. The number of aliphatic carboxylic acids is 2. The second-order valence-electron chi connectivity index (χ2n) is 10.6. The molecule has 0 radical (unpaired) electrons. The topological polar surface area (TPSA) is 178 Å². The third kappa shape index (κ3) is 7.43. The van der Waals surface area contributed by atoms with Crippen LogP contribution < -0.4 is 18.9 Å². The molecule has 0 saturated carbocycles. The summed E-state index contributed by atoms with van der Waals surface area (Å²) >= 11 is 0. The van der Waals surface area contributed by atoms with Gasteiger partial charge in [0.1, 0.15) is 0 Å². The number of amides is 2. The molecular weight excluding hydrogens is 564 g/mol. The number of methoxy groups -OCH3 is 2. The summed E-state index contributed by atoms with van der Waals surface area (Å²) in [4.78, 5) is 59.4. The average Bonchev–Trinajstić information content (AvgIpc) is 3.59. The first-order chi connectivity index (χ1) is 20.5. The third-order valence-corrected chi connectivity index (χ3v) is 7.37. The van der Waals surface area contributed by atoms with Gasteiger partial charge in [-0.1, -0.05) is 13.8 Å². The van der Waals surface area contributed by atoms with Crippen molar-refractivity contribution in [3.63, 3.8) is 0 Å². The van der Waals surface area contributed by atoms with Crippen LogP contribution in [0.15, 0.2) is 12.1 Å². The molecule has 0 fully saturated rings. The molecule has 0 unspecified atom stereocenters. The Kier molecular flexibility index (Phi) is 9.88. The first-order valence-electron chi connectivity index (χ1n) is 13.9. The highest BCUT2D eigenvalue weighted by Gasteiger charge is 2.30. The van der Waals surface area contributed by atoms with Crippen LogP contribution in [0.2, 0.25) is 0 Å². The molecule has 0 spiro atoms. The van der Waals surface area contributed by atoms with Crippen LogP contribution in [0.5, 0.6) is 23.3 Å². The molecule has 2 N–H and O–H groups in total. The van der Waals surface area contributed by atoms with Crippen molar-refractivity contribution < 1.29 is 48.3 Å². The van der Waals surface area contributed by atoms with Crippen molar-refractivity contribution in [2.24, 2.45) is 11.8 Å². The smallest absolute Gasteiger partial charge is 0.306 e.